The smallest absolute Gasteiger partial charge is 0.271 e. The van der Waals surface area contributed by atoms with Gasteiger partial charge in [-0.15, -0.1) is 0 Å². The Balaban J connectivity index is 2.30. The number of aliphatic imine (C=N–C) groups is 1. The number of hydrogen-bond acceptors (Lipinski definition) is 4. The summed E-state index contributed by atoms with van der Waals surface area (Å²) in [7, 11) is 0. The zero-order chi connectivity index (χ0) is 17.0. The van der Waals surface area contributed by atoms with Gasteiger partial charge in [-0.1, -0.05) is 11.8 Å². The lowest BCUT2D eigenvalue weighted by Gasteiger charge is -2.05. The molecule has 23 heavy (non-hydrogen) atoms. The molecule has 1 N–H and O–H groups in total. The number of nitrogens with one attached hydrogen (secondary N) is 1. The number of nitriles is 1. The first-order valence-electron chi connectivity index (χ1n) is 6.37. The lowest BCUT2D eigenvalue weighted by molar-refractivity contribution is -0.141. The van der Waals surface area contributed by atoms with Crippen LogP contribution in [0.3, 0.4) is 0 Å². The number of amidine groups is 1. The van der Waals surface area contributed by atoms with Crippen LogP contribution in [-0.4, -0.2) is 21.2 Å². The Hall–Kier alpha value is -2.47. The average Bonchev–Trinajstić information content (AvgIpc) is 2.90. The number of hydrogen-bond donors (Lipinski definition) is 1. The zero-order valence-electron chi connectivity index (χ0n) is 12.2. The van der Waals surface area contributed by atoms with Crippen molar-refractivity contribution in [3.05, 3.63) is 41.7 Å². The van der Waals surface area contributed by atoms with Crippen LogP contribution in [0.25, 0.3) is 5.69 Å². The van der Waals surface area contributed by atoms with E-state index in [-0.39, 0.29) is 0 Å². The predicted molar refractivity (Wildman–Crippen MR) is 82.7 cm³/mol. The number of rotatable bonds is 2. The van der Waals surface area contributed by atoms with Crippen LogP contribution in [0.4, 0.5) is 18.9 Å². The van der Waals surface area contributed by atoms with Crippen LogP contribution in [0.2, 0.25) is 0 Å². The van der Waals surface area contributed by atoms with Crippen molar-refractivity contribution >= 4 is 22.6 Å². The SMILES string of the molecule is CSC(=Nc1ccc(-n2nc(C(F)(F)F)cc2C)cc1)NC#N. The van der Waals surface area contributed by atoms with Gasteiger partial charge in [-0.05, 0) is 43.5 Å². The van der Waals surface area contributed by atoms with Crippen LogP contribution in [0.1, 0.15) is 11.4 Å². The summed E-state index contributed by atoms with van der Waals surface area (Å²) in [6, 6.07) is 7.50. The molecule has 2 aromatic rings. The first-order valence-corrected chi connectivity index (χ1v) is 7.59. The molecule has 0 saturated heterocycles. The monoisotopic (exact) mass is 339 g/mol. The Morgan fingerprint density at radius 3 is 2.48 bits per heavy atom. The van der Waals surface area contributed by atoms with E-state index >= 15 is 0 Å². The predicted octanol–water partition coefficient (Wildman–Crippen LogP) is 3.62. The molecule has 0 radical (unpaired) electrons. The molecule has 120 valence electrons. The van der Waals surface area contributed by atoms with Crippen LogP contribution in [0.5, 0.6) is 0 Å². The van der Waals surface area contributed by atoms with Gasteiger partial charge in [-0.25, -0.2) is 9.67 Å². The second-order valence-electron chi connectivity index (χ2n) is 4.45. The van der Waals surface area contributed by atoms with E-state index in [1.807, 2.05) is 0 Å². The summed E-state index contributed by atoms with van der Waals surface area (Å²) < 4.78 is 39.3. The summed E-state index contributed by atoms with van der Waals surface area (Å²) in [4.78, 5) is 4.20. The molecule has 1 aromatic heterocycles. The van der Waals surface area contributed by atoms with Crippen molar-refractivity contribution in [1.29, 1.82) is 5.26 Å². The van der Waals surface area contributed by atoms with E-state index in [1.165, 1.54) is 16.4 Å². The quantitative estimate of drug-likeness (QED) is 0.393. The van der Waals surface area contributed by atoms with Gasteiger partial charge >= 0.3 is 6.18 Å². The normalized spacial score (nSPS) is 12.1. The molecule has 5 nitrogen and oxygen atoms in total. The molecule has 2 rings (SSSR count). The molecule has 1 aromatic carbocycles. The van der Waals surface area contributed by atoms with Gasteiger partial charge in [0.1, 0.15) is 0 Å². The minimum atomic E-state index is -4.48. The van der Waals surface area contributed by atoms with Crippen LogP contribution in [0.15, 0.2) is 35.3 Å². The summed E-state index contributed by atoms with van der Waals surface area (Å²) in [5, 5.41) is 15.0. The molecule has 0 aliphatic rings. The number of alkyl halides is 3. The van der Waals surface area contributed by atoms with Crippen LogP contribution in [-0.2, 0) is 6.18 Å². The van der Waals surface area contributed by atoms with Crippen molar-refractivity contribution in [2.24, 2.45) is 4.99 Å². The topological polar surface area (TPSA) is 66.0 Å². The maximum atomic E-state index is 12.7. The van der Waals surface area contributed by atoms with Crippen molar-refractivity contribution < 1.29 is 13.2 Å². The Labute approximate surface area is 134 Å². The van der Waals surface area contributed by atoms with Gasteiger partial charge in [-0.3, -0.25) is 5.32 Å². The largest absolute Gasteiger partial charge is 0.435 e. The Kier molecular flexibility index (Phi) is 4.95. The second kappa shape index (κ2) is 6.75. The summed E-state index contributed by atoms with van der Waals surface area (Å²) in [6.07, 6.45) is -0.930. The molecular weight excluding hydrogens is 327 g/mol. The van der Waals surface area contributed by atoms with Crippen molar-refractivity contribution in [3.8, 4) is 11.9 Å². The summed E-state index contributed by atoms with van der Waals surface area (Å²) in [5.41, 5.74) is 0.516. The van der Waals surface area contributed by atoms with E-state index in [0.29, 0.717) is 22.2 Å². The number of halogens is 3. The lowest BCUT2D eigenvalue weighted by Crippen LogP contribution is -2.12. The van der Waals surface area contributed by atoms with Crippen molar-refractivity contribution in [3.63, 3.8) is 0 Å². The number of aryl methyl sites for hydroxylation is 1. The Bertz CT molecular complexity index is 756. The van der Waals surface area contributed by atoms with Crippen LogP contribution >= 0.6 is 11.8 Å². The van der Waals surface area contributed by atoms with Gasteiger partial charge in [0.25, 0.3) is 0 Å². The molecule has 9 heteroatoms. The number of benzene rings is 1. The molecule has 0 spiro atoms. The van der Waals surface area contributed by atoms with E-state index in [2.05, 4.69) is 15.4 Å². The minimum Gasteiger partial charge on any atom is -0.271 e. The van der Waals surface area contributed by atoms with Crippen LogP contribution < -0.4 is 5.32 Å². The van der Waals surface area contributed by atoms with E-state index in [0.717, 1.165) is 6.07 Å². The van der Waals surface area contributed by atoms with Crippen molar-refractivity contribution in [2.45, 2.75) is 13.1 Å². The molecule has 0 aliphatic heterocycles. The Morgan fingerprint density at radius 1 is 1.35 bits per heavy atom. The van der Waals surface area contributed by atoms with Gasteiger partial charge < -0.3 is 0 Å². The molecular formula is C14H12F3N5S. The molecule has 0 saturated carbocycles. The van der Waals surface area contributed by atoms with E-state index < -0.39 is 11.9 Å². The molecule has 1 heterocycles. The average molecular weight is 339 g/mol. The van der Waals surface area contributed by atoms with Gasteiger partial charge in [0.15, 0.2) is 17.1 Å². The van der Waals surface area contributed by atoms with Gasteiger partial charge in [0.2, 0.25) is 0 Å². The molecule has 0 aliphatic carbocycles. The molecule has 0 atom stereocenters. The first kappa shape index (κ1) is 16.9. The first-order chi connectivity index (χ1) is 10.8. The van der Waals surface area contributed by atoms with Crippen molar-refractivity contribution in [2.75, 3.05) is 6.26 Å². The highest BCUT2D eigenvalue weighted by molar-refractivity contribution is 8.13. The maximum Gasteiger partial charge on any atom is 0.435 e. The third kappa shape index (κ3) is 4.04. The number of nitrogens with zero attached hydrogens (tertiary/aromatic N) is 4. The molecule has 0 amide bonds. The van der Waals surface area contributed by atoms with E-state index in [9.17, 15) is 13.2 Å². The fourth-order valence-corrected chi connectivity index (χ4v) is 2.18. The molecule has 0 unspecified atom stereocenters. The van der Waals surface area contributed by atoms with E-state index in [4.69, 9.17) is 5.26 Å². The fourth-order valence-electron chi connectivity index (χ4n) is 1.83. The highest BCUT2D eigenvalue weighted by Gasteiger charge is 2.34. The fraction of sp³-hybridized carbons (Fsp3) is 0.214. The Morgan fingerprint density at radius 2 is 2.00 bits per heavy atom. The zero-order valence-corrected chi connectivity index (χ0v) is 13.0. The second-order valence-corrected chi connectivity index (χ2v) is 5.25. The maximum absolute atomic E-state index is 12.7. The number of thioether (sulfide) groups is 1. The lowest BCUT2D eigenvalue weighted by atomic mass is 10.3. The third-order valence-electron chi connectivity index (χ3n) is 2.86. The van der Waals surface area contributed by atoms with Crippen LogP contribution in [0, 0.1) is 18.4 Å². The summed E-state index contributed by atoms with van der Waals surface area (Å²) in [5.74, 6) is 0. The van der Waals surface area contributed by atoms with Gasteiger partial charge in [-0.2, -0.15) is 23.5 Å². The van der Waals surface area contributed by atoms with Gasteiger partial charge in [0, 0.05) is 5.69 Å². The van der Waals surface area contributed by atoms with Crippen molar-refractivity contribution in [1.82, 2.24) is 15.1 Å². The van der Waals surface area contributed by atoms with E-state index in [1.54, 1.807) is 43.6 Å². The molecule has 0 fully saturated rings. The van der Waals surface area contributed by atoms with Gasteiger partial charge in [0.05, 0.1) is 11.4 Å². The standard InChI is InChI=1S/C14H12F3N5S/c1-9-7-12(14(15,16)17)21-22(9)11-5-3-10(4-6-11)20-13(23-2)19-8-18/h3-7H,1-2H3,(H,19,20). The number of aromatic nitrogens is 2. The minimum absolute atomic E-state index is 0.379. The summed E-state index contributed by atoms with van der Waals surface area (Å²) >= 11 is 1.27. The molecule has 0 bridgehead atoms. The highest BCUT2D eigenvalue weighted by atomic mass is 32.2. The highest BCUT2D eigenvalue weighted by Crippen LogP contribution is 2.29. The third-order valence-corrected chi connectivity index (χ3v) is 3.44. The summed E-state index contributed by atoms with van der Waals surface area (Å²) in [6.45, 7) is 1.55.